The Morgan fingerprint density at radius 2 is 2.05 bits per heavy atom. The molecule has 0 saturated carbocycles. The Bertz CT molecular complexity index is 379. The normalized spacial score (nSPS) is 15.9. The lowest BCUT2D eigenvalue weighted by Crippen LogP contribution is -2.42. The summed E-state index contributed by atoms with van der Waals surface area (Å²) in [5, 5.41) is 2.71. The van der Waals surface area contributed by atoms with Crippen LogP contribution in [0, 0.1) is 5.41 Å². The summed E-state index contributed by atoms with van der Waals surface area (Å²) in [6.45, 7) is 4.84. The summed E-state index contributed by atoms with van der Waals surface area (Å²) in [5.74, 6) is -0.386. The van der Waals surface area contributed by atoms with Gasteiger partial charge in [-0.25, -0.2) is 0 Å². The molecule has 1 saturated heterocycles. The largest absolute Gasteiger partial charge is 0.469 e. The first-order chi connectivity index (χ1) is 9.36. The van der Waals surface area contributed by atoms with Crippen molar-refractivity contribution in [3.05, 3.63) is 0 Å². The van der Waals surface area contributed by atoms with Crippen LogP contribution in [0.15, 0.2) is 0 Å². The van der Waals surface area contributed by atoms with Crippen LogP contribution in [0.5, 0.6) is 0 Å². The summed E-state index contributed by atoms with van der Waals surface area (Å²) in [6.07, 6.45) is 2.79. The topological polar surface area (TPSA) is 75.7 Å². The third kappa shape index (κ3) is 4.83. The molecule has 1 rings (SSSR count). The Kier molecular flexibility index (Phi) is 5.98. The molecule has 1 aliphatic heterocycles. The lowest BCUT2D eigenvalue weighted by Gasteiger charge is -2.27. The van der Waals surface area contributed by atoms with Gasteiger partial charge in [0.15, 0.2) is 0 Å². The molecule has 1 N–H and O–H groups in total. The third-order valence-corrected chi connectivity index (χ3v) is 3.50. The van der Waals surface area contributed by atoms with Crippen molar-refractivity contribution in [3.8, 4) is 0 Å². The van der Waals surface area contributed by atoms with E-state index in [0.717, 1.165) is 19.4 Å². The van der Waals surface area contributed by atoms with Crippen LogP contribution >= 0.6 is 0 Å². The summed E-state index contributed by atoms with van der Waals surface area (Å²) < 4.78 is 4.67. The molecular weight excluding hydrogens is 260 g/mol. The number of ether oxygens (including phenoxy) is 1. The minimum Gasteiger partial charge on any atom is -0.469 e. The number of piperidine rings is 1. The van der Waals surface area contributed by atoms with Crippen LogP contribution < -0.4 is 5.32 Å². The highest BCUT2D eigenvalue weighted by Crippen LogP contribution is 2.15. The number of nitrogens with one attached hydrogen (secondary N) is 1. The van der Waals surface area contributed by atoms with E-state index in [1.54, 1.807) is 18.7 Å². The van der Waals surface area contributed by atoms with Gasteiger partial charge in [-0.05, 0) is 26.7 Å². The first-order valence-corrected chi connectivity index (χ1v) is 7.00. The molecule has 0 bridgehead atoms. The maximum Gasteiger partial charge on any atom is 0.313 e. The van der Waals surface area contributed by atoms with Crippen molar-refractivity contribution in [2.75, 3.05) is 26.7 Å². The zero-order valence-corrected chi connectivity index (χ0v) is 12.5. The number of amides is 2. The molecule has 0 aromatic heterocycles. The molecule has 1 heterocycles. The molecule has 6 heteroatoms. The molecule has 0 aliphatic carbocycles. The number of hydrogen-bond acceptors (Lipinski definition) is 4. The van der Waals surface area contributed by atoms with E-state index in [2.05, 4.69) is 10.1 Å². The zero-order chi connectivity index (χ0) is 15.2. The Morgan fingerprint density at radius 1 is 1.35 bits per heavy atom. The molecule has 1 aliphatic rings. The first-order valence-electron chi connectivity index (χ1n) is 7.00. The van der Waals surface area contributed by atoms with E-state index < -0.39 is 5.41 Å². The van der Waals surface area contributed by atoms with Crippen molar-refractivity contribution < 1.29 is 19.1 Å². The van der Waals surface area contributed by atoms with Gasteiger partial charge >= 0.3 is 5.97 Å². The molecule has 114 valence electrons. The van der Waals surface area contributed by atoms with Gasteiger partial charge in [0.25, 0.3) is 0 Å². The monoisotopic (exact) mass is 284 g/mol. The fourth-order valence-electron chi connectivity index (χ4n) is 2.09. The fraction of sp³-hybridized carbons (Fsp3) is 0.786. The van der Waals surface area contributed by atoms with Gasteiger partial charge < -0.3 is 15.0 Å². The van der Waals surface area contributed by atoms with Gasteiger partial charge in [-0.1, -0.05) is 0 Å². The van der Waals surface area contributed by atoms with E-state index in [-0.39, 0.29) is 30.7 Å². The van der Waals surface area contributed by atoms with Crippen LogP contribution in [0.4, 0.5) is 0 Å². The number of rotatable bonds is 6. The highest BCUT2D eigenvalue weighted by molar-refractivity contribution is 5.81. The Labute approximate surface area is 119 Å². The van der Waals surface area contributed by atoms with Gasteiger partial charge in [0.2, 0.25) is 11.8 Å². The average Bonchev–Trinajstić information content (AvgIpc) is 2.43. The summed E-state index contributed by atoms with van der Waals surface area (Å²) in [6, 6.07) is 0. The molecule has 20 heavy (non-hydrogen) atoms. The number of methoxy groups -OCH3 is 1. The quantitative estimate of drug-likeness (QED) is 0.729. The standard InChI is InChI=1S/C14H24N2O4/c1-14(2,13(19)20-3)10-15-11(17)7-9-16-8-5-4-6-12(16)18/h4-10H2,1-3H3,(H,15,17). The van der Waals surface area contributed by atoms with Gasteiger partial charge in [-0.2, -0.15) is 0 Å². The van der Waals surface area contributed by atoms with E-state index in [0.29, 0.717) is 13.0 Å². The summed E-state index contributed by atoms with van der Waals surface area (Å²) in [5.41, 5.74) is -0.745. The fourth-order valence-corrected chi connectivity index (χ4v) is 2.09. The molecule has 6 nitrogen and oxygen atoms in total. The maximum absolute atomic E-state index is 11.7. The highest BCUT2D eigenvalue weighted by atomic mass is 16.5. The summed E-state index contributed by atoms with van der Waals surface area (Å²) in [4.78, 5) is 36.5. The third-order valence-electron chi connectivity index (χ3n) is 3.50. The lowest BCUT2D eigenvalue weighted by molar-refractivity contribution is -0.150. The second kappa shape index (κ2) is 7.26. The van der Waals surface area contributed by atoms with Crippen LogP contribution in [-0.4, -0.2) is 49.4 Å². The molecule has 1 fully saturated rings. The Hall–Kier alpha value is -1.59. The maximum atomic E-state index is 11.7. The zero-order valence-electron chi connectivity index (χ0n) is 12.5. The molecule has 0 aromatic rings. The van der Waals surface area contributed by atoms with Gasteiger partial charge in [-0.3, -0.25) is 14.4 Å². The molecule has 2 amide bonds. The van der Waals surface area contributed by atoms with Crippen molar-refractivity contribution in [3.63, 3.8) is 0 Å². The molecule has 0 radical (unpaired) electrons. The van der Waals surface area contributed by atoms with E-state index >= 15 is 0 Å². The number of carbonyl (C=O) groups is 3. The number of esters is 1. The van der Waals surface area contributed by atoms with Crippen molar-refractivity contribution in [1.29, 1.82) is 0 Å². The number of likely N-dealkylation sites (tertiary alicyclic amines) is 1. The SMILES string of the molecule is COC(=O)C(C)(C)CNC(=O)CCN1CCCCC1=O. The number of nitrogens with zero attached hydrogens (tertiary/aromatic N) is 1. The lowest BCUT2D eigenvalue weighted by atomic mass is 9.94. The number of carbonyl (C=O) groups excluding carboxylic acids is 3. The van der Waals surface area contributed by atoms with Crippen molar-refractivity contribution in [1.82, 2.24) is 10.2 Å². The van der Waals surface area contributed by atoms with E-state index in [1.165, 1.54) is 7.11 Å². The van der Waals surface area contributed by atoms with Crippen LogP contribution in [-0.2, 0) is 19.1 Å². The summed E-state index contributed by atoms with van der Waals surface area (Å²) >= 11 is 0. The molecule has 0 spiro atoms. The van der Waals surface area contributed by atoms with E-state index in [4.69, 9.17) is 0 Å². The van der Waals surface area contributed by atoms with Gasteiger partial charge in [0.05, 0.1) is 12.5 Å². The van der Waals surface area contributed by atoms with E-state index in [1.807, 2.05) is 0 Å². The first kappa shape index (κ1) is 16.5. The van der Waals surface area contributed by atoms with Crippen LogP contribution in [0.25, 0.3) is 0 Å². The van der Waals surface area contributed by atoms with Crippen LogP contribution in [0.1, 0.15) is 39.5 Å². The predicted molar refractivity (Wildman–Crippen MR) is 73.9 cm³/mol. The molecule has 0 unspecified atom stereocenters. The Morgan fingerprint density at radius 3 is 2.65 bits per heavy atom. The van der Waals surface area contributed by atoms with Gasteiger partial charge in [0, 0.05) is 32.5 Å². The van der Waals surface area contributed by atoms with Crippen molar-refractivity contribution in [2.45, 2.75) is 39.5 Å². The molecular formula is C14H24N2O4. The van der Waals surface area contributed by atoms with E-state index in [9.17, 15) is 14.4 Å². The summed E-state index contributed by atoms with van der Waals surface area (Å²) in [7, 11) is 1.33. The average molecular weight is 284 g/mol. The second-order valence-corrected chi connectivity index (χ2v) is 5.74. The second-order valence-electron chi connectivity index (χ2n) is 5.74. The van der Waals surface area contributed by atoms with Gasteiger partial charge in [0.1, 0.15) is 0 Å². The van der Waals surface area contributed by atoms with Crippen molar-refractivity contribution in [2.24, 2.45) is 5.41 Å². The van der Waals surface area contributed by atoms with Gasteiger partial charge in [-0.15, -0.1) is 0 Å². The van der Waals surface area contributed by atoms with Crippen LogP contribution in [0.2, 0.25) is 0 Å². The molecule has 0 aromatic carbocycles. The molecule has 0 atom stereocenters. The van der Waals surface area contributed by atoms with Crippen molar-refractivity contribution >= 4 is 17.8 Å². The minimum absolute atomic E-state index is 0.124. The smallest absolute Gasteiger partial charge is 0.313 e. The highest BCUT2D eigenvalue weighted by Gasteiger charge is 2.29. The predicted octanol–water partition coefficient (Wildman–Crippen LogP) is 0.704. The minimum atomic E-state index is -0.745. The Balaban J connectivity index is 2.30. The number of hydrogen-bond donors (Lipinski definition) is 1. The van der Waals surface area contributed by atoms with Crippen LogP contribution in [0.3, 0.4) is 0 Å².